The van der Waals surface area contributed by atoms with Gasteiger partial charge in [0.2, 0.25) is 0 Å². The van der Waals surface area contributed by atoms with Crippen LogP contribution >= 0.6 is 0 Å². The molecule has 0 saturated heterocycles. The molecule has 0 spiro atoms. The van der Waals surface area contributed by atoms with Crippen LogP contribution < -0.4 is 10.6 Å². The largest absolute Gasteiger partial charge is 0.349 e. The zero-order valence-electron chi connectivity index (χ0n) is 12.5. The third kappa shape index (κ3) is 2.72. The van der Waals surface area contributed by atoms with Crippen LogP contribution in [0.4, 0.5) is 0 Å². The number of amides is 1. The van der Waals surface area contributed by atoms with Crippen LogP contribution in [0.2, 0.25) is 0 Å². The molecule has 0 aliphatic carbocycles. The third-order valence-corrected chi connectivity index (χ3v) is 4.29. The van der Waals surface area contributed by atoms with E-state index in [0.29, 0.717) is 12.2 Å². The van der Waals surface area contributed by atoms with Crippen molar-refractivity contribution in [2.75, 3.05) is 13.1 Å². The molecule has 4 heteroatoms. The molecular weight excluding hydrogens is 262 g/mol. The second-order valence-corrected chi connectivity index (χ2v) is 5.58. The van der Waals surface area contributed by atoms with Crippen LogP contribution in [0.25, 0.3) is 0 Å². The van der Waals surface area contributed by atoms with Crippen molar-refractivity contribution in [2.24, 2.45) is 7.05 Å². The van der Waals surface area contributed by atoms with Crippen LogP contribution in [0.1, 0.15) is 33.4 Å². The van der Waals surface area contributed by atoms with Crippen molar-refractivity contribution in [3.8, 4) is 0 Å². The normalized spacial score (nSPS) is 17.3. The second-order valence-electron chi connectivity index (χ2n) is 5.58. The molecule has 0 radical (unpaired) electrons. The molecule has 0 saturated carbocycles. The van der Waals surface area contributed by atoms with E-state index in [4.69, 9.17) is 0 Å². The summed E-state index contributed by atoms with van der Waals surface area (Å²) in [7, 11) is 1.92. The Morgan fingerprint density at radius 3 is 2.90 bits per heavy atom. The summed E-state index contributed by atoms with van der Waals surface area (Å²) in [4.78, 5) is 12.3. The molecule has 110 valence electrons. The first kappa shape index (κ1) is 13.9. The number of rotatable bonds is 3. The lowest BCUT2D eigenvalue weighted by atomic mass is 9.94. The standard InChI is InChI=1S/C17H21N3O/c1-12-7-8-16(20(12)2)17(21)19-11-15-14-6-4-3-5-13(14)9-10-18-15/h3-8,15,18H,9-11H2,1-2H3,(H,19,21). The van der Waals surface area contributed by atoms with Crippen LogP contribution in [0.5, 0.6) is 0 Å². The van der Waals surface area contributed by atoms with E-state index in [1.54, 1.807) is 0 Å². The lowest BCUT2D eigenvalue weighted by molar-refractivity contribution is 0.0940. The Morgan fingerprint density at radius 1 is 1.33 bits per heavy atom. The number of hydrogen-bond acceptors (Lipinski definition) is 2. The monoisotopic (exact) mass is 283 g/mol. The van der Waals surface area contributed by atoms with E-state index in [1.165, 1.54) is 11.1 Å². The van der Waals surface area contributed by atoms with Crippen LogP contribution in [0.15, 0.2) is 36.4 Å². The van der Waals surface area contributed by atoms with Crippen LogP contribution in [0.3, 0.4) is 0 Å². The summed E-state index contributed by atoms with van der Waals surface area (Å²) in [5, 5.41) is 6.52. The summed E-state index contributed by atoms with van der Waals surface area (Å²) in [6.07, 6.45) is 1.05. The van der Waals surface area contributed by atoms with Gasteiger partial charge in [0, 0.05) is 25.3 Å². The van der Waals surface area contributed by atoms with Gasteiger partial charge in [0.25, 0.3) is 5.91 Å². The minimum absolute atomic E-state index is 0.0181. The van der Waals surface area contributed by atoms with E-state index >= 15 is 0 Å². The maximum Gasteiger partial charge on any atom is 0.267 e. The Balaban J connectivity index is 1.69. The highest BCUT2D eigenvalue weighted by atomic mass is 16.1. The Morgan fingerprint density at radius 2 is 2.14 bits per heavy atom. The lowest BCUT2D eigenvalue weighted by Gasteiger charge is -2.27. The van der Waals surface area contributed by atoms with E-state index in [-0.39, 0.29) is 11.9 Å². The van der Waals surface area contributed by atoms with E-state index < -0.39 is 0 Å². The molecule has 21 heavy (non-hydrogen) atoms. The SMILES string of the molecule is Cc1ccc(C(=O)NCC2NCCc3ccccc32)n1C. The van der Waals surface area contributed by atoms with E-state index in [9.17, 15) is 4.79 Å². The Hall–Kier alpha value is -2.07. The molecule has 0 bridgehead atoms. The Kier molecular flexibility index (Phi) is 3.80. The van der Waals surface area contributed by atoms with Crippen molar-refractivity contribution in [3.63, 3.8) is 0 Å². The molecular formula is C17H21N3O. The molecule has 4 nitrogen and oxygen atoms in total. The first-order chi connectivity index (χ1) is 10.2. The van der Waals surface area contributed by atoms with Gasteiger partial charge in [-0.05, 0) is 43.1 Å². The molecule has 1 atom stereocenters. The number of nitrogens with zero attached hydrogens (tertiary/aromatic N) is 1. The molecule has 1 amide bonds. The number of carbonyl (C=O) groups excluding carboxylic acids is 1. The van der Waals surface area contributed by atoms with Gasteiger partial charge in [-0.25, -0.2) is 0 Å². The molecule has 1 aromatic heterocycles. The topological polar surface area (TPSA) is 46.1 Å². The zero-order chi connectivity index (χ0) is 14.8. The summed E-state index contributed by atoms with van der Waals surface area (Å²) < 4.78 is 1.91. The average Bonchev–Trinajstić information content (AvgIpc) is 2.84. The summed E-state index contributed by atoms with van der Waals surface area (Å²) >= 11 is 0. The van der Waals surface area contributed by atoms with Gasteiger partial charge in [-0.3, -0.25) is 4.79 Å². The molecule has 3 rings (SSSR count). The molecule has 2 heterocycles. The molecule has 1 aliphatic rings. The Bertz CT molecular complexity index is 660. The lowest BCUT2D eigenvalue weighted by Crippen LogP contribution is -2.39. The van der Waals surface area contributed by atoms with Crippen molar-refractivity contribution >= 4 is 5.91 Å². The van der Waals surface area contributed by atoms with Crippen LogP contribution in [-0.4, -0.2) is 23.6 Å². The van der Waals surface area contributed by atoms with Crippen molar-refractivity contribution in [1.82, 2.24) is 15.2 Å². The van der Waals surface area contributed by atoms with Crippen molar-refractivity contribution in [3.05, 3.63) is 58.9 Å². The van der Waals surface area contributed by atoms with Gasteiger partial charge in [0.15, 0.2) is 0 Å². The quantitative estimate of drug-likeness (QED) is 0.904. The van der Waals surface area contributed by atoms with Gasteiger partial charge in [-0.1, -0.05) is 24.3 Å². The van der Waals surface area contributed by atoms with Crippen molar-refractivity contribution in [2.45, 2.75) is 19.4 Å². The molecule has 1 aliphatic heterocycles. The maximum absolute atomic E-state index is 12.3. The number of aromatic nitrogens is 1. The van der Waals surface area contributed by atoms with Crippen molar-refractivity contribution in [1.29, 1.82) is 0 Å². The highest BCUT2D eigenvalue weighted by Crippen LogP contribution is 2.21. The fraction of sp³-hybridized carbons (Fsp3) is 0.353. The number of fused-ring (bicyclic) bond motifs is 1. The first-order valence-corrected chi connectivity index (χ1v) is 7.38. The summed E-state index contributed by atoms with van der Waals surface area (Å²) in [5.41, 5.74) is 4.47. The Labute approximate surface area is 125 Å². The minimum atomic E-state index is -0.0181. The minimum Gasteiger partial charge on any atom is -0.349 e. The third-order valence-electron chi connectivity index (χ3n) is 4.29. The zero-order valence-corrected chi connectivity index (χ0v) is 12.5. The van der Waals surface area contributed by atoms with Gasteiger partial charge in [0.05, 0.1) is 0 Å². The number of carbonyl (C=O) groups is 1. The number of benzene rings is 1. The smallest absolute Gasteiger partial charge is 0.267 e. The van der Waals surface area contributed by atoms with Gasteiger partial charge >= 0.3 is 0 Å². The molecule has 1 unspecified atom stereocenters. The second kappa shape index (κ2) is 5.74. The van der Waals surface area contributed by atoms with E-state index in [0.717, 1.165) is 18.7 Å². The van der Waals surface area contributed by atoms with Gasteiger partial charge in [0.1, 0.15) is 5.69 Å². The fourth-order valence-corrected chi connectivity index (χ4v) is 2.90. The fourth-order valence-electron chi connectivity index (χ4n) is 2.90. The predicted molar refractivity (Wildman–Crippen MR) is 83.4 cm³/mol. The van der Waals surface area contributed by atoms with E-state index in [1.807, 2.05) is 30.7 Å². The van der Waals surface area contributed by atoms with Gasteiger partial charge in [-0.15, -0.1) is 0 Å². The number of hydrogen-bond donors (Lipinski definition) is 2. The predicted octanol–water partition coefficient (Wildman–Crippen LogP) is 1.95. The average molecular weight is 283 g/mol. The summed E-state index contributed by atoms with van der Waals surface area (Å²) in [6.45, 7) is 3.57. The molecule has 1 aromatic carbocycles. The first-order valence-electron chi connectivity index (χ1n) is 7.38. The van der Waals surface area contributed by atoms with Crippen molar-refractivity contribution < 1.29 is 4.79 Å². The van der Waals surface area contributed by atoms with E-state index in [2.05, 4.69) is 34.9 Å². The molecule has 2 aromatic rings. The number of nitrogens with one attached hydrogen (secondary N) is 2. The maximum atomic E-state index is 12.3. The highest BCUT2D eigenvalue weighted by molar-refractivity contribution is 5.92. The highest BCUT2D eigenvalue weighted by Gasteiger charge is 2.20. The molecule has 0 fully saturated rings. The van der Waals surface area contributed by atoms with Crippen LogP contribution in [-0.2, 0) is 13.5 Å². The van der Waals surface area contributed by atoms with Gasteiger partial charge < -0.3 is 15.2 Å². The van der Waals surface area contributed by atoms with Crippen LogP contribution in [0, 0.1) is 6.92 Å². The summed E-state index contributed by atoms with van der Waals surface area (Å²) in [5.74, 6) is -0.0181. The molecule has 2 N–H and O–H groups in total. The van der Waals surface area contributed by atoms with Gasteiger partial charge in [-0.2, -0.15) is 0 Å². The summed E-state index contributed by atoms with van der Waals surface area (Å²) in [6, 6.07) is 12.5. The number of aryl methyl sites for hydroxylation is 1.